The Balaban J connectivity index is 2.07. The van der Waals surface area contributed by atoms with Gasteiger partial charge in [0.2, 0.25) is 10.0 Å². The Morgan fingerprint density at radius 2 is 1.70 bits per heavy atom. The second kappa shape index (κ2) is 8.28. The van der Waals surface area contributed by atoms with E-state index in [1.165, 1.54) is 12.1 Å². The Bertz CT molecular complexity index is 1180. The molecular weight excluding hydrogens is 399 g/mol. The van der Waals surface area contributed by atoms with Crippen molar-refractivity contribution in [3.8, 4) is 22.3 Å². The van der Waals surface area contributed by atoms with Crippen LogP contribution in [0.5, 0.6) is 0 Å². The van der Waals surface area contributed by atoms with Crippen molar-refractivity contribution in [3.05, 3.63) is 71.8 Å². The molecule has 0 amide bonds. The highest BCUT2D eigenvalue weighted by molar-refractivity contribution is 7.89. The molecule has 0 spiro atoms. The summed E-state index contributed by atoms with van der Waals surface area (Å²) in [6, 6.07) is 13.4. The third-order valence-electron chi connectivity index (χ3n) is 4.78. The Morgan fingerprint density at radius 1 is 1.00 bits per heavy atom. The maximum absolute atomic E-state index is 15.1. The number of hydrogen-bond donors (Lipinski definition) is 1. The van der Waals surface area contributed by atoms with Gasteiger partial charge in [0.15, 0.2) is 0 Å². The number of hydrogen-bond acceptors (Lipinski definition) is 3. The molecule has 0 saturated heterocycles. The molecule has 1 N–H and O–H groups in total. The van der Waals surface area contributed by atoms with Gasteiger partial charge in [0.1, 0.15) is 5.82 Å². The molecule has 1 heterocycles. The molecule has 0 saturated carbocycles. The van der Waals surface area contributed by atoms with Crippen LogP contribution in [0.1, 0.15) is 39.0 Å². The summed E-state index contributed by atoms with van der Waals surface area (Å²) in [6.07, 6.45) is 2.48. The normalized spacial score (nSPS) is 12.2. The monoisotopic (exact) mass is 426 g/mol. The van der Waals surface area contributed by atoms with E-state index in [-0.39, 0.29) is 4.90 Å². The first-order chi connectivity index (χ1) is 14.0. The molecule has 2 aromatic carbocycles. The number of aromatic nitrogens is 1. The Kier molecular flexibility index (Phi) is 6.11. The lowest BCUT2D eigenvalue weighted by Gasteiger charge is -2.21. The fourth-order valence-corrected chi connectivity index (χ4v) is 5.05. The molecule has 30 heavy (non-hydrogen) atoms. The molecular formula is C24H27FN2O2S. The first-order valence-electron chi connectivity index (χ1n) is 9.90. The van der Waals surface area contributed by atoms with Gasteiger partial charge in [-0.1, -0.05) is 37.3 Å². The fraction of sp³-hybridized carbons (Fsp3) is 0.292. The van der Waals surface area contributed by atoms with Crippen molar-refractivity contribution in [1.82, 2.24) is 9.71 Å². The van der Waals surface area contributed by atoms with Crippen LogP contribution in [0.25, 0.3) is 22.3 Å². The average Bonchev–Trinajstić information content (AvgIpc) is 2.67. The van der Waals surface area contributed by atoms with Gasteiger partial charge in [0.25, 0.3) is 0 Å². The van der Waals surface area contributed by atoms with Gasteiger partial charge in [-0.25, -0.2) is 17.5 Å². The van der Waals surface area contributed by atoms with E-state index in [1.54, 1.807) is 57.3 Å². The highest BCUT2D eigenvalue weighted by Gasteiger charge is 2.25. The van der Waals surface area contributed by atoms with Gasteiger partial charge >= 0.3 is 0 Å². The molecule has 3 aromatic rings. The molecule has 0 bridgehead atoms. The quantitative estimate of drug-likeness (QED) is 0.586. The lowest BCUT2D eigenvalue weighted by molar-refractivity contribution is 0.491. The van der Waals surface area contributed by atoms with Crippen LogP contribution in [0.4, 0.5) is 4.39 Å². The number of nitrogens with one attached hydrogen (secondary N) is 1. The van der Waals surface area contributed by atoms with E-state index in [0.717, 1.165) is 17.7 Å². The zero-order valence-electron chi connectivity index (χ0n) is 18.0. The van der Waals surface area contributed by atoms with E-state index in [9.17, 15) is 8.42 Å². The summed E-state index contributed by atoms with van der Waals surface area (Å²) >= 11 is 0. The molecule has 0 unspecified atom stereocenters. The smallest absolute Gasteiger partial charge is 0.241 e. The largest absolute Gasteiger partial charge is 0.261 e. The number of rotatable bonds is 5. The predicted molar refractivity (Wildman–Crippen MR) is 119 cm³/mol. The SMILES string of the molecule is CCc1cc(-c2ccc(-c3ccccc3S(=O)(=O)NC(C)(C)C)cc2F)cnc1C. The van der Waals surface area contributed by atoms with Gasteiger partial charge in [0, 0.05) is 34.1 Å². The Morgan fingerprint density at radius 3 is 2.33 bits per heavy atom. The van der Waals surface area contributed by atoms with Gasteiger partial charge in [-0.3, -0.25) is 4.98 Å². The zero-order chi connectivity index (χ0) is 22.1. The predicted octanol–water partition coefficient (Wildman–Crippen LogP) is 5.50. The van der Waals surface area contributed by atoms with Crippen molar-refractivity contribution in [2.75, 3.05) is 0 Å². The standard InChI is InChI=1S/C24H27FN2O2S/c1-6-17-13-19(15-26-16(17)2)20-12-11-18(14-22(20)25)21-9-7-8-10-23(21)30(28,29)27-24(3,4)5/h7-15,27H,6H2,1-5H3. The lowest BCUT2D eigenvalue weighted by Crippen LogP contribution is -2.40. The summed E-state index contributed by atoms with van der Waals surface area (Å²) in [5, 5.41) is 0. The highest BCUT2D eigenvalue weighted by atomic mass is 32.2. The van der Waals surface area contributed by atoms with Crippen LogP contribution >= 0.6 is 0 Å². The van der Waals surface area contributed by atoms with E-state index in [4.69, 9.17) is 0 Å². The van der Waals surface area contributed by atoms with Crippen LogP contribution in [0.2, 0.25) is 0 Å². The number of aryl methyl sites for hydroxylation is 2. The topological polar surface area (TPSA) is 59.1 Å². The minimum atomic E-state index is -3.77. The van der Waals surface area contributed by atoms with E-state index in [2.05, 4.69) is 9.71 Å². The molecule has 0 aliphatic rings. The van der Waals surface area contributed by atoms with Crippen molar-refractivity contribution in [2.45, 2.75) is 51.5 Å². The summed E-state index contributed by atoms with van der Waals surface area (Å²) in [5.41, 5.74) is 3.48. The van der Waals surface area contributed by atoms with Crippen LogP contribution in [0.3, 0.4) is 0 Å². The minimum Gasteiger partial charge on any atom is -0.261 e. The van der Waals surface area contributed by atoms with Crippen molar-refractivity contribution >= 4 is 10.0 Å². The van der Waals surface area contributed by atoms with Crippen molar-refractivity contribution in [1.29, 1.82) is 0 Å². The molecule has 0 aliphatic carbocycles. The summed E-state index contributed by atoms with van der Waals surface area (Å²) < 4.78 is 43.5. The molecule has 158 valence electrons. The summed E-state index contributed by atoms with van der Waals surface area (Å²) in [4.78, 5) is 4.50. The van der Waals surface area contributed by atoms with Gasteiger partial charge in [-0.05, 0) is 63.4 Å². The van der Waals surface area contributed by atoms with Crippen LogP contribution < -0.4 is 4.72 Å². The van der Waals surface area contributed by atoms with Gasteiger partial charge in [-0.15, -0.1) is 0 Å². The number of halogens is 1. The Hall–Kier alpha value is -2.57. The van der Waals surface area contributed by atoms with Gasteiger partial charge in [-0.2, -0.15) is 0 Å². The molecule has 0 radical (unpaired) electrons. The van der Waals surface area contributed by atoms with Crippen LogP contribution in [-0.2, 0) is 16.4 Å². The summed E-state index contributed by atoms with van der Waals surface area (Å²) in [7, 11) is -3.77. The molecule has 3 rings (SSSR count). The third kappa shape index (κ3) is 4.77. The first kappa shape index (κ1) is 22.1. The third-order valence-corrected chi connectivity index (χ3v) is 6.60. The maximum atomic E-state index is 15.1. The number of sulfonamides is 1. The molecule has 4 nitrogen and oxygen atoms in total. The van der Waals surface area contributed by atoms with Crippen LogP contribution in [0, 0.1) is 12.7 Å². The van der Waals surface area contributed by atoms with Gasteiger partial charge in [0.05, 0.1) is 4.90 Å². The van der Waals surface area contributed by atoms with Crippen molar-refractivity contribution < 1.29 is 12.8 Å². The fourth-order valence-electron chi connectivity index (χ4n) is 3.40. The van der Waals surface area contributed by atoms with E-state index < -0.39 is 21.4 Å². The van der Waals surface area contributed by atoms with E-state index in [1.807, 2.05) is 19.9 Å². The van der Waals surface area contributed by atoms with Crippen molar-refractivity contribution in [2.24, 2.45) is 0 Å². The summed E-state index contributed by atoms with van der Waals surface area (Å²) in [5.74, 6) is -0.420. The number of pyridine rings is 1. The van der Waals surface area contributed by atoms with Crippen LogP contribution in [-0.4, -0.2) is 18.9 Å². The highest BCUT2D eigenvalue weighted by Crippen LogP contribution is 2.32. The summed E-state index contributed by atoms with van der Waals surface area (Å²) in [6.45, 7) is 9.31. The molecule has 0 fully saturated rings. The number of benzene rings is 2. The molecule has 1 aromatic heterocycles. The maximum Gasteiger partial charge on any atom is 0.241 e. The second-order valence-corrected chi connectivity index (χ2v) is 10.0. The number of nitrogens with zero attached hydrogens (tertiary/aromatic N) is 1. The van der Waals surface area contributed by atoms with E-state index in [0.29, 0.717) is 22.3 Å². The zero-order valence-corrected chi connectivity index (χ0v) is 18.8. The second-order valence-electron chi connectivity index (χ2n) is 8.37. The Labute approximate surface area is 178 Å². The first-order valence-corrected chi connectivity index (χ1v) is 11.4. The molecule has 0 atom stereocenters. The molecule has 0 aliphatic heterocycles. The van der Waals surface area contributed by atoms with Crippen LogP contribution in [0.15, 0.2) is 59.6 Å². The lowest BCUT2D eigenvalue weighted by atomic mass is 9.99. The van der Waals surface area contributed by atoms with E-state index >= 15 is 4.39 Å². The molecule has 6 heteroatoms. The minimum absolute atomic E-state index is 0.123. The van der Waals surface area contributed by atoms with Gasteiger partial charge < -0.3 is 0 Å². The van der Waals surface area contributed by atoms with Crippen molar-refractivity contribution in [3.63, 3.8) is 0 Å². The average molecular weight is 427 g/mol.